The fourth-order valence-corrected chi connectivity index (χ4v) is 3.18. The Morgan fingerprint density at radius 3 is 2.26 bits per heavy atom. The Bertz CT molecular complexity index is 744. The van der Waals surface area contributed by atoms with Gasteiger partial charge in [0.25, 0.3) is 5.91 Å². The first-order valence-corrected chi connectivity index (χ1v) is 9.20. The van der Waals surface area contributed by atoms with Crippen LogP contribution in [0.1, 0.15) is 51.8 Å². The zero-order chi connectivity index (χ0) is 20.5. The topological polar surface area (TPSA) is 81.8 Å². The summed E-state index contributed by atoms with van der Waals surface area (Å²) in [6.45, 7) is 9.20. The Hall–Kier alpha value is -2.41. The Balaban J connectivity index is 2.36. The molecular formula is C20H30N4O3. The van der Waals surface area contributed by atoms with E-state index in [4.69, 9.17) is 0 Å². The van der Waals surface area contributed by atoms with Gasteiger partial charge in [0, 0.05) is 20.0 Å². The minimum absolute atomic E-state index is 0.205. The molecule has 7 nitrogen and oxygen atoms in total. The summed E-state index contributed by atoms with van der Waals surface area (Å²) in [7, 11) is 3.55. The Morgan fingerprint density at radius 2 is 1.67 bits per heavy atom. The van der Waals surface area contributed by atoms with E-state index in [-0.39, 0.29) is 17.7 Å². The van der Waals surface area contributed by atoms with Crippen LogP contribution in [0, 0.1) is 5.92 Å². The number of amides is 3. The van der Waals surface area contributed by atoms with E-state index >= 15 is 0 Å². The average molecular weight is 374 g/mol. The fraction of sp³-hybridized carbons (Fsp3) is 0.550. The van der Waals surface area contributed by atoms with Crippen LogP contribution in [0.5, 0.6) is 0 Å². The molecule has 3 amide bonds. The summed E-state index contributed by atoms with van der Waals surface area (Å²) < 4.78 is 0. The van der Waals surface area contributed by atoms with Gasteiger partial charge in [-0.15, -0.1) is 0 Å². The standard InChI is InChI=1S/C20H30N4O3/c1-12(2)17(25)21-13(3)18(26)22-16-14-10-8-9-11-15(14)20(4,5)24(7)23(6)19(16)27/h8-13,16H,1-7H3,(H,21,25)(H,22,26)/t13-,16?/m0/s1. The van der Waals surface area contributed by atoms with Crippen molar-refractivity contribution in [3.63, 3.8) is 0 Å². The van der Waals surface area contributed by atoms with Crippen molar-refractivity contribution in [2.75, 3.05) is 14.1 Å². The van der Waals surface area contributed by atoms with Crippen molar-refractivity contribution in [2.24, 2.45) is 5.92 Å². The van der Waals surface area contributed by atoms with Crippen LogP contribution in [0.3, 0.4) is 0 Å². The highest BCUT2D eigenvalue weighted by Gasteiger charge is 2.41. The molecule has 1 aliphatic rings. The molecule has 2 atom stereocenters. The van der Waals surface area contributed by atoms with Gasteiger partial charge in [-0.1, -0.05) is 38.1 Å². The monoisotopic (exact) mass is 374 g/mol. The van der Waals surface area contributed by atoms with Crippen LogP contribution in [-0.4, -0.2) is 47.9 Å². The summed E-state index contributed by atoms with van der Waals surface area (Å²) in [5.41, 5.74) is 1.30. The Morgan fingerprint density at radius 1 is 1.07 bits per heavy atom. The molecule has 7 heteroatoms. The number of hydrogen-bond acceptors (Lipinski definition) is 4. The predicted octanol–water partition coefficient (Wildman–Crippen LogP) is 1.56. The van der Waals surface area contributed by atoms with Gasteiger partial charge in [-0.05, 0) is 31.9 Å². The summed E-state index contributed by atoms with van der Waals surface area (Å²) in [4.78, 5) is 37.6. The van der Waals surface area contributed by atoms with E-state index in [1.54, 1.807) is 27.8 Å². The highest BCUT2D eigenvalue weighted by molar-refractivity contribution is 5.93. The van der Waals surface area contributed by atoms with E-state index in [9.17, 15) is 14.4 Å². The van der Waals surface area contributed by atoms with Crippen molar-refractivity contribution >= 4 is 17.7 Å². The van der Waals surface area contributed by atoms with Crippen LogP contribution >= 0.6 is 0 Å². The molecule has 0 aliphatic carbocycles. The largest absolute Gasteiger partial charge is 0.344 e. The first kappa shape index (κ1) is 20.9. The minimum atomic E-state index is -0.818. The molecule has 0 bridgehead atoms. The van der Waals surface area contributed by atoms with Gasteiger partial charge in [0.05, 0.1) is 5.54 Å². The van der Waals surface area contributed by atoms with Crippen molar-refractivity contribution in [2.45, 2.75) is 52.2 Å². The van der Waals surface area contributed by atoms with E-state index in [0.717, 1.165) is 11.1 Å². The lowest BCUT2D eigenvalue weighted by Gasteiger charge is -2.39. The first-order chi connectivity index (χ1) is 12.5. The number of rotatable bonds is 4. The van der Waals surface area contributed by atoms with E-state index in [1.807, 2.05) is 50.2 Å². The second-order valence-electron chi connectivity index (χ2n) is 7.86. The third kappa shape index (κ3) is 3.98. The van der Waals surface area contributed by atoms with E-state index in [1.165, 1.54) is 5.01 Å². The summed E-state index contributed by atoms with van der Waals surface area (Å²) in [5.74, 6) is -1.05. The molecule has 0 saturated heterocycles. The summed E-state index contributed by atoms with van der Waals surface area (Å²) >= 11 is 0. The number of hydrogen-bond donors (Lipinski definition) is 2. The SMILES string of the molecule is CC(C)C(=O)N[C@@H](C)C(=O)NC1C(=O)N(C)N(C)C(C)(C)c2ccccc21. The molecular weight excluding hydrogens is 344 g/mol. The number of nitrogens with one attached hydrogen (secondary N) is 2. The Kier molecular flexibility index (Phi) is 5.94. The van der Waals surface area contributed by atoms with Crippen LogP contribution in [0.25, 0.3) is 0 Å². The van der Waals surface area contributed by atoms with Gasteiger partial charge in [0.1, 0.15) is 12.1 Å². The Labute approximate surface area is 161 Å². The lowest BCUT2D eigenvalue weighted by atomic mass is 9.87. The number of likely N-dealkylation sites (N-methyl/N-ethyl adjacent to an activating group) is 1. The van der Waals surface area contributed by atoms with Gasteiger partial charge >= 0.3 is 0 Å². The predicted molar refractivity (Wildman–Crippen MR) is 103 cm³/mol. The number of nitrogens with zero attached hydrogens (tertiary/aromatic N) is 2. The van der Waals surface area contributed by atoms with Gasteiger partial charge in [-0.3, -0.25) is 19.4 Å². The molecule has 148 valence electrons. The van der Waals surface area contributed by atoms with Gasteiger partial charge in [0.2, 0.25) is 11.8 Å². The fourth-order valence-electron chi connectivity index (χ4n) is 3.18. The quantitative estimate of drug-likeness (QED) is 0.838. The smallest absolute Gasteiger partial charge is 0.263 e. The third-order valence-corrected chi connectivity index (χ3v) is 5.32. The molecule has 0 fully saturated rings. The maximum absolute atomic E-state index is 13.1. The van der Waals surface area contributed by atoms with Crippen molar-refractivity contribution < 1.29 is 14.4 Å². The van der Waals surface area contributed by atoms with Crippen LogP contribution < -0.4 is 10.6 Å². The number of fused-ring (bicyclic) bond motifs is 1. The van der Waals surface area contributed by atoms with Crippen molar-refractivity contribution in [3.8, 4) is 0 Å². The molecule has 0 saturated carbocycles. The van der Waals surface area contributed by atoms with Crippen molar-refractivity contribution in [1.82, 2.24) is 20.7 Å². The van der Waals surface area contributed by atoms with E-state index in [2.05, 4.69) is 10.6 Å². The molecule has 2 rings (SSSR count). The van der Waals surface area contributed by atoms with Crippen molar-refractivity contribution in [1.29, 1.82) is 0 Å². The highest BCUT2D eigenvalue weighted by Crippen LogP contribution is 2.37. The number of hydrazine groups is 1. The number of carbonyl (C=O) groups is 3. The van der Waals surface area contributed by atoms with E-state index in [0.29, 0.717) is 0 Å². The highest BCUT2D eigenvalue weighted by atomic mass is 16.2. The first-order valence-electron chi connectivity index (χ1n) is 9.20. The molecule has 1 aromatic carbocycles. The zero-order valence-corrected chi connectivity index (χ0v) is 17.2. The minimum Gasteiger partial charge on any atom is -0.344 e. The summed E-state index contributed by atoms with van der Waals surface area (Å²) in [6, 6.07) is 6.07. The third-order valence-electron chi connectivity index (χ3n) is 5.32. The van der Waals surface area contributed by atoms with Crippen molar-refractivity contribution in [3.05, 3.63) is 35.4 Å². The normalized spacial score (nSPS) is 20.7. The lowest BCUT2D eigenvalue weighted by Crippen LogP contribution is -2.52. The summed E-state index contributed by atoms with van der Waals surface area (Å²) in [6.07, 6.45) is 0. The molecule has 1 heterocycles. The molecule has 2 N–H and O–H groups in total. The maximum atomic E-state index is 13.1. The summed E-state index contributed by atoms with van der Waals surface area (Å²) in [5, 5.41) is 8.89. The molecule has 1 aliphatic heterocycles. The average Bonchev–Trinajstić information content (AvgIpc) is 2.67. The molecule has 0 spiro atoms. The zero-order valence-electron chi connectivity index (χ0n) is 17.2. The lowest BCUT2D eigenvalue weighted by molar-refractivity contribution is -0.154. The number of benzene rings is 1. The number of carbonyl (C=O) groups excluding carboxylic acids is 3. The second kappa shape index (κ2) is 7.68. The van der Waals surface area contributed by atoms with Crippen LogP contribution in [-0.2, 0) is 19.9 Å². The van der Waals surface area contributed by atoms with Gasteiger partial charge in [-0.2, -0.15) is 0 Å². The van der Waals surface area contributed by atoms with Crippen LogP contribution in [0.4, 0.5) is 0 Å². The van der Waals surface area contributed by atoms with Gasteiger partial charge in [0.15, 0.2) is 0 Å². The maximum Gasteiger partial charge on any atom is 0.263 e. The van der Waals surface area contributed by atoms with E-state index < -0.39 is 23.5 Å². The molecule has 27 heavy (non-hydrogen) atoms. The van der Waals surface area contributed by atoms with Gasteiger partial charge < -0.3 is 10.6 Å². The molecule has 1 aromatic rings. The van der Waals surface area contributed by atoms with Crippen LogP contribution in [0.15, 0.2) is 24.3 Å². The van der Waals surface area contributed by atoms with Crippen LogP contribution in [0.2, 0.25) is 0 Å². The molecule has 0 aromatic heterocycles. The molecule has 0 radical (unpaired) electrons. The molecule has 1 unspecified atom stereocenters. The second-order valence-corrected chi connectivity index (χ2v) is 7.86. The van der Waals surface area contributed by atoms with Gasteiger partial charge in [-0.25, -0.2) is 5.01 Å².